The average Bonchev–Trinajstić information content (AvgIpc) is 2.52. The fourth-order valence-corrected chi connectivity index (χ4v) is 2.12. The van der Waals surface area contributed by atoms with Crippen molar-refractivity contribution in [2.75, 3.05) is 7.11 Å². The van der Waals surface area contributed by atoms with E-state index in [1.54, 1.807) is 19.2 Å². The number of para-hydroxylation sites is 1. The Morgan fingerprint density at radius 3 is 2.39 bits per heavy atom. The summed E-state index contributed by atoms with van der Waals surface area (Å²) in [5, 5.41) is 2.95. The van der Waals surface area contributed by atoms with Crippen LogP contribution in [0.1, 0.15) is 36.7 Å². The minimum absolute atomic E-state index is 0.110. The predicted octanol–water partition coefficient (Wildman–Crippen LogP) is 3.80. The average molecular weight is 313 g/mol. The number of hydrogen-bond acceptors (Lipinski definition) is 3. The zero-order valence-corrected chi connectivity index (χ0v) is 14.1. The second-order valence-electron chi connectivity index (χ2n) is 6.33. The van der Waals surface area contributed by atoms with Crippen LogP contribution in [0.3, 0.4) is 0 Å². The number of carbonyl (C=O) groups is 1. The molecule has 23 heavy (non-hydrogen) atoms. The normalized spacial score (nSPS) is 11.0. The molecule has 1 amide bonds. The smallest absolute Gasteiger partial charge is 0.251 e. The third kappa shape index (κ3) is 5.02. The van der Waals surface area contributed by atoms with Crippen LogP contribution in [-0.2, 0) is 6.61 Å². The van der Waals surface area contributed by atoms with Crippen molar-refractivity contribution in [3.8, 4) is 11.5 Å². The summed E-state index contributed by atoms with van der Waals surface area (Å²) in [7, 11) is 1.61. The maximum Gasteiger partial charge on any atom is 0.251 e. The van der Waals surface area contributed by atoms with Crippen molar-refractivity contribution >= 4 is 5.91 Å². The molecule has 0 fully saturated rings. The second kappa shape index (κ2) is 7.18. The van der Waals surface area contributed by atoms with E-state index in [0.717, 1.165) is 11.3 Å². The summed E-state index contributed by atoms with van der Waals surface area (Å²) < 4.78 is 11.1. The molecule has 122 valence electrons. The lowest BCUT2D eigenvalue weighted by atomic mass is 10.1. The molecule has 0 atom stereocenters. The van der Waals surface area contributed by atoms with Gasteiger partial charge >= 0.3 is 0 Å². The van der Waals surface area contributed by atoms with Gasteiger partial charge in [0.15, 0.2) is 0 Å². The standard InChI is InChI=1S/C19H23NO3/c1-19(2,3)20-18(21)14-10-11-17(22-4)15(12-14)13-23-16-8-6-5-7-9-16/h5-12H,13H2,1-4H3,(H,20,21). The highest BCUT2D eigenvalue weighted by atomic mass is 16.5. The monoisotopic (exact) mass is 313 g/mol. The molecular weight excluding hydrogens is 290 g/mol. The second-order valence-corrected chi connectivity index (χ2v) is 6.33. The Morgan fingerprint density at radius 2 is 1.78 bits per heavy atom. The van der Waals surface area contributed by atoms with Crippen molar-refractivity contribution in [1.82, 2.24) is 5.32 Å². The highest BCUT2D eigenvalue weighted by molar-refractivity contribution is 5.95. The molecule has 0 spiro atoms. The largest absolute Gasteiger partial charge is 0.496 e. The zero-order valence-electron chi connectivity index (χ0n) is 14.1. The molecule has 4 nitrogen and oxygen atoms in total. The van der Waals surface area contributed by atoms with Crippen molar-refractivity contribution in [3.63, 3.8) is 0 Å². The van der Waals surface area contributed by atoms with Gasteiger partial charge in [0.1, 0.15) is 18.1 Å². The van der Waals surface area contributed by atoms with E-state index in [4.69, 9.17) is 9.47 Å². The number of ether oxygens (including phenoxy) is 2. The molecule has 0 saturated heterocycles. The first-order chi connectivity index (χ1) is 10.9. The van der Waals surface area contributed by atoms with Gasteiger partial charge in [-0.05, 0) is 51.1 Å². The van der Waals surface area contributed by atoms with Crippen LogP contribution in [0.5, 0.6) is 11.5 Å². The van der Waals surface area contributed by atoms with Gasteiger partial charge in [0.25, 0.3) is 5.91 Å². The Hall–Kier alpha value is -2.49. The van der Waals surface area contributed by atoms with Crippen molar-refractivity contribution in [2.24, 2.45) is 0 Å². The molecule has 2 aromatic rings. The topological polar surface area (TPSA) is 47.6 Å². The van der Waals surface area contributed by atoms with Gasteiger partial charge in [-0.15, -0.1) is 0 Å². The number of nitrogens with one attached hydrogen (secondary N) is 1. The molecule has 0 heterocycles. The van der Waals surface area contributed by atoms with E-state index < -0.39 is 0 Å². The summed E-state index contributed by atoms with van der Waals surface area (Å²) >= 11 is 0. The van der Waals surface area contributed by atoms with E-state index in [9.17, 15) is 4.79 Å². The number of rotatable bonds is 5. The first-order valence-corrected chi connectivity index (χ1v) is 7.56. The summed E-state index contributed by atoms with van der Waals surface area (Å²) in [5.74, 6) is 1.37. The molecule has 1 N–H and O–H groups in total. The third-order valence-corrected chi connectivity index (χ3v) is 3.17. The number of methoxy groups -OCH3 is 1. The van der Waals surface area contributed by atoms with Gasteiger partial charge in [0, 0.05) is 16.7 Å². The van der Waals surface area contributed by atoms with Crippen molar-refractivity contribution in [1.29, 1.82) is 0 Å². The highest BCUT2D eigenvalue weighted by Crippen LogP contribution is 2.22. The molecule has 4 heteroatoms. The molecule has 0 aromatic heterocycles. The SMILES string of the molecule is COc1ccc(C(=O)NC(C)(C)C)cc1COc1ccccc1. The lowest BCUT2D eigenvalue weighted by Crippen LogP contribution is -2.40. The Balaban J connectivity index is 2.17. The molecule has 0 aliphatic carbocycles. The van der Waals surface area contributed by atoms with Crippen LogP contribution >= 0.6 is 0 Å². The number of benzene rings is 2. The first kappa shape index (κ1) is 16.9. The molecule has 0 radical (unpaired) electrons. The molecular formula is C19H23NO3. The van der Waals surface area contributed by atoms with E-state index in [1.165, 1.54) is 0 Å². The molecule has 0 saturated carbocycles. The Morgan fingerprint density at radius 1 is 1.09 bits per heavy atom. The quantitative estimate of drug-likeness (QED) is 0.913. The van der Waals surface area contributed by atoms with Crippen LogP contribution in [0.4, 0.5) is 0 Å². The summed E-state index contributed by atoms with van der Waals surface area (Å²) in [6, 6.07) is 14.9. The minimum Gasteiger partial charge on any atom is -0.496 e. The van der Waals surface area contributed by atoms with Gasteiger partial charge < -0.3 is 14.8 Å². The van der Waals surface area contributed by atoms with Gasteiger partial charge in [-0.2, -0.15) is 0 Å². The van der Waals surface area contributed by atoms with Gasteiger partial charge in [-0.25, -0.2) is 0 Å². The van der Waals surface area contributed by atoms with Crippen LogP contribution in [0.15, 0.2) is 48.5 Å². The van der Waals surface area contributed by atoms with Crippen LogP contribution in [0, 0.1) is 0 Å². The van der Waals surface area contributed by atoms with Crippen molar-refractivity contribution < 1.29 is 14.3 Å². The van der Waals surface area contributed by atoms with E-state index in [1.807, 2.05) is 57.2 Å². The maximum atomic E-state index is 12.3. The molecule has 2 aromatic carbocycles. The predicted molar refractivity (Wildman–Crippen MR) is 91.0 cm³/mol. The summed E-state index contributed by atoms with van der Waals surface area (Å²) in [6.07, 6.45) is 0. The van der Waals surface area contributed by atoms with Crippen LogP contribution in [-0.4, -0.2) is 18.6 Å². The summed E-state index contributed by atoms with van der Waals surface area (Å²) in [6.45, 7) is 6.19. The van der Waals surface area contributed by atoms with E-state index >= 15 is 0 Å². The van der Waals surface area contributed by atoms with Gasteiger partial charge in [-0.3, -0.25) is 4.79 Å². The Kier molecular flexibility index (Phi) is 5.27. The maximum absolute atomic E-state index is 12.3. The molecule has 0 bridgehead atoms. The highest BCUT2D eigenvalue weighted by Gasteiger charge is 2.16. The van der Waals surface area contributed by atoms with Gasteiger partial charge in [0.05, 0.1) is 7.11 Å². The lowest BCUT2D eigenvalue weighted by Gasteiger charge is -2.21. The lowest BCUT2D eigenvalue weighted by molar-refractivity contribution is 0.0919. The Bertz CT molecular complexity index is 660. The number of hydrogen-bond donors (Lipinski definition) is 1. The molecule has 2 rings (SSSR count). The van der Waals surface area contributed by atoms with E-state index in [-0.39, 0.29) is 11.4 Å². The van der Waals surface area contributed by atoms with E-state index in [2.05, 4.69) is 5.32 Å². The van der Waals surface area contributed by atoms with Crippen LogP contribution < -0.4 is 14.8 Å². The fraction of sp³-hybridized carbons (Fsp3) is 0.316. The number of carbonyl (C=O) groups excluding carboxylic acids is 1. The van der Waals surface area contributed by atoms with Crippen LogP contribution in [0.2, 0.25) is 0 Å². The fourth-order valence-electron chi connectivity index (χ4n) is 2.12. The van der Waals surface area contributed by atoms with Crippen molar-refractivity contribution in [3.05, 3.63) is 59.7 Å². The Labute approximate surface area is 137 Å². The molecule has 0 aliphatic heterocycles. The molecule has 0 unspecified atom stereocenters. The third-order valence-electron chi connectivity index (χ3n) is 3.17. The zero-order chi connectivity index (χ0) is 16.9. The van der Waals surface area contributed by atoms with Crippen LogP contribution in [0.25, 0.3) is 0 Å². The first-order valence-electron chi connectivity index (χ1n) is 7.56. The summed E-state index contributed by atoms with van der Waals surface area (Å²) in [5.41, 5.74) is 1.14. The van der Waals surface area contributed by atoms with Crippen molar-refractivity contribution in [2.45, 2.75) is 32.9 Å². The number of amides is 1. The van der Waals surface area contributed by atoms with Gasteiger partial charge in [-0.1, -0.05) is 18.2 Å². The van der Waals surface area contributed by atoms with Gasteiger partial charge in [0.2, 0.25) is 0 Å². The van der Waals surface area contributed by atoms with E-state index in [0.29, 0.717) is 17.9 Å². The minimum atomic E-state index is -0.280. The summed E-state index contributed by atoms with van der Waals surface area (Å²) in [4.78, 5) is 12.3. The molecule has 0 aliphatic rings.